The molecule has 1 aromatic carbocycles. The summed E-state index contributed by atoms with van der Waals surface area (Å²) in [6.45, 7) is 2.25. The zero-order valence-electron chi connectivity index (χ0n) is 9.99. The lowest BCUT2D eigenvalue weighted by atomic mass is 10.1. The molecule has 2 aromatic rings. The second kappa shape index (κ2) is 5.10. The van der Waals surface area contributed by atoms with Gasteiger partial charge in [-0.3, -0.25) is 0 Å². The molecule has 0 saturated carbocycles. The quantitative estimate of drug-likeness (QED) is 0.802. The molecule has 0 aliphatic rings. The van der Waals surface area contributed by atoms with Crippen molar-refractivity contribution < 1.29 is 13.2 Å². The maximum atomic E-state index is 13.8. The van der Waals surface area contributed by atoms with Gasteiger partial charge in [-0.15, -0.1) is 5.10 Å². The number of rotatable bonds is 3. The van der Waals surface area contributed by atoms with E-state index in [0.29, 0.717) is 13.0 Å². The highest BCUT2D eigenvalue weighted by Gasteiger charge is 2.21. The Morgan fingerprint density at radius 3 is 2.63 bits per heavy atom. The van der Waals surface area contributed by atoms with Crippen LogP contribution in [0.4, 0.5) is 13.2 Å². The summed E-state index contributed by atoms with van der Waals surface area (Å²) in [6.07, 6.45) is 0.673. The number of aromatic nitrogens is 3. The van der Waals surface area contributed by atoms with Gasteiger partial charge in [0.1, 0.15) is 11.8 Å². The molecule has 0 amide bonds. The highest BCUT2D eigenvalue weighted by atomic mass is 19.2. The molecule has 0 aliphatic carbocycles. The molecule has 0 fully saturated rings. The Bertz CT molecular complexity index is 658. The molecule has 2 rings (SSSR count). The summed E-state index contributed by atoms with van der Waals surface area (Å²) >= 11 is 0. The molecule has 1 aromatic heterocycles. The zero-order valence-corrected chi connectivity index (χ0v) is 9.99. The van der Waals surface area contributed by atoms with E-state index in [9.17, 15) is 13.2 Å². The number of benzene rings is 1. The lowest BCUT2D eigenvalue weighted by Gasteiger charge is -2.07. The normalized spacial score (nSPS) is 10.5. The third kappa shape index (κ3) is 2.17. The van der Waals surface area contributed by atoms with E-state index < -0.39 is 17.5 Å². The Hall–Kier alpha value is -2.36. The smallest absolute Gasteiger partial charge is 0.195 e. The van der Waals surface area contributed by atoms with Crippen LogP contribution in [-0.4, -0.2) is 15.0 Å². The molecule has 0 saturated heterocycles. The van der Waals surface area contributed by atoms with E-state index in [2.05, 4.69) is 10.3 Å². The molecule has 4 nitrogen and oxygen atoms in total. The molecular weight excluding hydrogens is 257 g/mol. The van der Waals surface area contributed by atoms with Crippen molar-refractivity contribution in [3.63, 3.8) is 0 Å². The van der Waals surface area contributed by atoms with Crippen LogP contribution < -0.4 is 0 Å². The highest BCUT2D eigenvalue weighted by molar-refractivity contribution is 5.65. The minimum Gasteiger partial charge on any atom is -0.243 e. The van der Waals surface area contributed by atoms with Crippen molar-refractivity contribution in [2.24, 2.45) is 0 Å². The first-order chi connectivity index (χ1) is 9.10. The summed E-state index contributed by atoms with van der Waals surface area (Å²) in [4.78, 5) is 0. The Morgan fingerprint density at radius 1 is 1.26 bits per heavy atom. The van der Waals surface area contributed by atoms with Crippen LogP contribution >= 0.6 is 0 Å². The number of aryl methyl sites for hydroxylation is 1. The van der Waals surface area contributed by atoms with Crippen molar-refractivity contribution in [2.75, 3.05) is 0 Å². The zero-order chi connectivity index (χ0) is 14.0. The topological polar surface area (TPSA) is 54.5 Å². The highest BCUT2D eigenvalue weighted by Crippen LogP contribution is 2.27. The van der Waals surface area contributed by atoms with Gasteiger partial charge < -0.3 is 0 Å². The summed E-state index contributed by atoms with van der Waals surface area (Å²) in [7, 11) is 0. The van der Waals surface area contributed by atoms with Crippen LogP contribution in [0, 0.1) is 28.8 Å². The van der Waals surface area contributed by atoms with Gasteiger partial charge in [0.05, 0.1) is 0 Å². The van der Waals surface area contributed by atoms with E-state index >= 15 is 0 Å². The Balaban J connectivity index is 2.68. The Morgan fingerprint density at radius 2 is 2.00 bits per heavy atom. The molecule has 0 unspecified atom stereocenters. The maximum Gasteiger partial charge on any atom is 0.195 e. The van der Waals surface area contributed by atoms with Crippen LogP contribution in [0.2, 0.25) is 0 Å². The van der Waals surface area contributed by atoms with Crippen LogP contribution in [0.3, 0.4) is 0 Å². The van der Waals surface area contributed by atoms with Gasteiger partial charge in [-0.25, -0.2) is 17.9 Å². The molecular formula is C12H9F3N4. The maximum absolute atomic E-state index is 13.8. The second-order valence-electron chi connectivity index (χ2n) is 3.84. The van der Waals surface area contributed by atoms with Gasteiger partial charge in [-0.1, -0.05) is 12.1 Å². The number of halogens is 3. The monoisotopic (exact) mass is 266 g/mol. The van der Waals surface area contributed by atoms with Crippen molar-refractivity contribution >= 4 is 0 Å². The lowest BCUT2D eigenvalue weighted by molar-refractivity contribution is 0.448. The summed E-state index contributed by atoms with van der Waals surface area (Å²) in [5.74, 6) is -4.21. The van der Waals surface area contributed by atoms with Crippen molar-refractivity contribution in [3.05, 3.63) is 35.3 Å². The third-order valence-corrected chi connectivity index (χ3v) is 2.57. The summed E-state index contributed by atoms with van der Waals surface area (Å²) < 4.78 is 41.2. The Labute approximate surface area is 107 Å². The summed E-state index contributed by atoms with van der Waals surface area (Å²) in [5, 5.41) is 16.2. The molecule has 0 spiro atoms. The average Bonchev–Trinajstić information content (AvgIpc) is 2.80. The largest absolute Gasteiger partial charge is 0.243 e. The van der Waals surface area contributed by atoms with Gasteiger partial charge >= 0.3 is 0 Å². The first-order valence-electron chi connectivity index (χ1n) is 5.57. The minimum atomic E-state index is -1.58. The van der Waals surface area contributed by atoms with Crippen molar-refractivity contribution in [3.8, 4) is 17.3 Å². The molecule has 1 heterocycles. The van der Waals surface area contributed by atoms with Crippen LogP contribution in [0.25, 0.3) is 11.3 Å². The molecule has 98 valence electrons. The van der Waals surface area contributed by atoms with Gasteiger partial charge in [0.25, 0.3) is 0 Å². The number of hydrogen-bond acceptors (Lipinski definition) is 3. The fourth-order valence-electron chi connectivity index (χ4n) is 1.73. The van der Waals surface area contributed by atoms with Gasteiger partial charge in [0, 0.05) is 12.1 Å². The molecule has 0 radical (unpaired) electrons. The van der Waals surface area contributed by atoms with Gasteiger partial charge in [0.2, 0.25) is 0 Å². The van der Waals surface area contributed by atoms with E-state index in [-0.39, 0.29) is 17.0 Å². The average molecular weight is 266 g/mol. The minimum absolute atomic E-state index is 0.0563. The first kappa shape index (κ1) is 13.1. The van der Waals surface area contributed by atoms with Crippen LogP contribution in [0.1, 0.15) is 19.0 Å². The van der Waals surface area contributed by atoms with Crippen molar-refractivity contribution in [1.29, 1.82) is 5.26 Å². The van der Waals surface area contributed by atoms with Crippen molar-refractivity contribution in [2.45, 2.75) is 19.9 Å². The SMILES string of the molecule is CCCn1nnc(C#N)c1-c1ccc(F)c(F)c1F. The molecule has 0 bridgehead atoms. The predicted molar refractivity (Wildman–Crippen MR) is 60.3 cm³/mol. The second-order valence-corrected chi connectivity index (χ2v) is 3.84. The van der Waals surface area contributed by atoms with Crippen molar-refractivity contribution in [1.82, 2.24) is 15.0 Å². The van der Waals surface area contributed by atoms with Gasteiger partial charge in [0.15, 0.2) is 23.1 Å². The summed E-state index contributed by atoms with van der Waals surface area (Å²) in [6, 6.07) is 3.63. The molecule has 0 N–H and O–H groups in total. The van der Waals surface area contributed by atoms with Crippen LogP contribution in [-0.2, 0) is 6.54 Å². The van der Waals surface area contributed by atoms with Gasteiger partial charge in [-0.2, -0.15) is 5.26 Å². The van der Waals surface area contributed by atoms with E-state index in [4.69, 9.17) is 5.26 Å². The molecule has 7 heteroatoms. The predicted octanol–water partition coefficient (Wildman–Crippen LogP) is 2.64. The fraction of sp³-hybridized carbons (Fsp3) is 0.250. The molecule has 19 heavy (non-hydrogen) atoms. The van der Waals surface area contributed by atoms with E-state index in [1.807, 2.05) is 6.92 Å². The molecule has 0 atom stereocenters. The lowest BCUT2D eigenvalue weighted by Crippen LogP contribution is -2.04. The van der Waals surface area contributed by atoms with Crippen LogP contribution in [0.15, 0.2) is 12.1 Å². The fourth-order valence-corrected chi connectivity index (χ4v) is 1.73. The number of nitriles is 1. The van der Waals surface area contributed by atoms with E-state index in [1.165, 1.54) is 4.68 Å². The number of nitrogens with zero attached hydrogens (tertiary/aromatic N) is 4. The summed E-state index contributed by atoms with van der Waals surface area (Å²) in [5.41, 5.74) is -0.298. The Kier molecular flexibility index (Phi) is 3.51. The third-order valence-electron chi connectivity index (χ3n) is 2.57. The number of hydrogen-bond donors (Lipinski definition) is 0. The molecule has 0 aliphatic heterocycles. The standard InChI is InChI=1S/C12H9F3N4/c1-2-5-19-12(9(6-16)17-18-19)7-3-4-8(13)11(15)10(7)14/h3-4H,2,5H2,1H3. The van der Waals surface area contributed by atoms with E-state index in [0.717, 1.165) is 12.1 Å². The van der Waals surface area contributed by atoms with Crippen LogP contribution in [0.5, 0.6) is 0 Å². The van der Waals surface area contributed by atoms with Gasteiger partial charge in [-0.05, 0) is 18.6 Å². The first-order valence-corrected chi connectivity index (χ1v) is 5.57. The van der Waals surface area contributed by atoms with E-state index in [1.54, 1.807) is 6.07 Å².